The first-order valence-corrected chi connectivity index (χ1v) is 9.08. The summed E-state index contributed by atoms with van der Waals surface area (Å²) in [6.07, 6.45) is 5.47. The van der Waals surface area contributed by atoms with E-state index in [9.17, 15) is 4.79 Å². The number of amides is 1. The van der Waals surface area contributed by atoms with Crippen LogP contribution in [0.3, 0.4) is 0 Å². The minimum atomic E-state index is 0.0982. The van der Waals surface area contributed by atoms with Crippen LogP contribution in [0, 0.1) is 0 Å². The first-order valence-electron chi connectivity index (χ1n) is 8.14. The first-order chi connectivity index (χ1) is 11.7. The Labute approximate surface area is 146 Å². The van der Waals surface area contributed by atoms with Crippen molar-refractivity contribution >= 4 is 29.0 Å². The number of piperidine rings is 1. The molecule has 1 aliphatic rings. The molecule has 5 heteroatoms. The van der Waals surface area contributed by atoms with Gasteiger partial charge < -0.3 is 15.0 Å². The van der Waals surface area contributed by atoms with Crippen LogP contribution in [-0.4, -0.2) is 37.0 Å². The molecule has 1 amide bonds. The molecule has 1 fully saturated rings. The maximum atomic E-state index is 12.2. The Morgan fingerprint density at radius 1 is 1.33 bits per heavy atom. The third-order valence-corrected chi connectivity index (χ3v) is 4.91. The summed E-state index contributed by atoms with van der Waals surface area (Å²) < 4.78 is 5.25. The van der Waals surface area contributed by atoms with E-state index in [1.165, 1.54) is 0 Å². The number of rotatable bonds is 5. The maximum Gasteiger partial charge on any atom is 0.246 e. The number of likely N-dealkylation sites (tertiary alicyclic amines) is 1. The van der Waals surface area contributed by atoms with E-state index in [0.29, 0.717) is 6.04 Å². The van der Waals surface area contributed by atoms with Gasteiger partial charge >= 0.3 is 0 Å². The zero-order valence-corrected chi connectivity index (χ0v) is 14.6. The normalized spacial score (nSPS) is 15.6. The number of carbonyl (C=O) groups is 1. The molecular formula is C19H22N2O2S. The van der Waals surface area contributed by atoms with Crippen LogP contribution in [0.1, 0.15) is 18.4 Å². The van der Waals surface area contributed by atoms with E-state index in [-0.39, 0.29) is 5.91 Å². The van der Waals surface area contributed by atoms with Gasteiger partial charge in [0.05, 0.1) is 7.11 Å². The summed E-state index contributed by atoms with van der Waals surface area (Å²) >= 11 is 1.64. The standard InChI is InChI=1S/C19H22N2O2S/c1-23-18-4-2-3-17(13-18)20-16-7-10-21(11-8-16)19(22)6-5-15-9-12-24-14-15/h2-6,9,12-14,16,20H,7-8,10-11H2,1H3. The van der Waals surface area contributed by atoms with Crippen LogP contribution in [0.5, 0.6) is 5.75 Å². The van der Waals surface area contributed by atoms with Gasteiger partial charge in [-0.2, -0.15) is 11.3 Å². The summed E-state index contributed by atoms with van der Waals surface area (Å²) in [5, 5.41) is 7.58. The van der Waals surface area contributed by atoms with E-state index in [4.69, 9.17) is 4.74 Å². The fraction of sp³-hybridized carbons (Fsp3) is 0.316. The largest absolute Gasteiger partial charge is 0.497 e. The second-order valence-corrected chi connectivity index (χ2v) is 6.65. The van der Waals surface area contributed by atoms with Gasteiger partial charge in [-0.05, 0) is 53.4 Å². The van der Waals surface area contributed by atoms with E-state index >= 15 is 0 Å². The Hall–Kier alpha value is -2.27. The van der Waals surface area contributed by atoms with Crippen LogP contribution >= 0.6 is 11.3 Å². The average molecular weight is 342 g/mol. The lowest BCUT2D eigenvalue weighted by Crippen LogP contribution is -2.41. The van der Waals surface area contributed by atoms with E-state index in [2.05, 4.69) is 5.32 Å². The van der Waals surface area contributed by atoms with E-state index in [1.807, 2.05) is 52.1 Å². The highest BCUT2D eigenvalue weighted by molar-refractivity contribution is 7.08. The van der Waals surface area contributed by atoms with Gasteiger partial charge in [0.15, 0.2) is 0 Å². The topological polar surface area (TPSA) is 41.6 Å². The van der Waals surface area contributed by atoms with Crippen LogP contribution in [0.2, 0.25) is 0 Å². The Morgan fingerprint density at radius 3 is 2.88 bits per heavy atom. The molecule has 2 aromatic rings. The maximum absolute atomic E-state index is 12.2. The van der Waals surface area contributed by atoms with Crippen molar-refractivity contribution in [3.63, 3.8) is 0 Å². The molecule has 0 radical (unpaired) electrons. The van der Waals surface area contributed by atoms with Crippen molar-refractivity contribution in [2.45, 2.75) is 18.9 Å². The molecule has 0 atom stereocenters. The molecule has 0 spiro atoms. The average Bonchev–Trinajstić information content (AvgIpc) is 3.14. The summed E-state index contributed by atoms with van der Waals surface area (Å²) in [5.41, 5.74) is 2.15. The number of benzene rings is 1. The van der Waals surface area contributed by atoms with Gasteiger partial charge in [0.1, 0.15) is 5.75 Å². The lowest BCUT2D eigenvalue weighted by Gasteiger charge is -2.32. The molecule has 0 bridgehead atoms. The third kappa shape index (κ3) is 4.38. The number of anilines is 1. The first kappa shape index (κ1) is 16.6. The predicted octanol–water partition coefficient (Wildman–Crippen LogP) is 3.87. The van der Waals surface area contributed by atoms with Gasteiger partial charge in [0.25, 0.3) is 0 Å². The van der Waals surface area contributed by atoms with Gasteiger partial charge in [-0.1, -0.05) is 6.07 Å². The fourth-order valence-corrected chi connectivity index (χ4v) is 3.46. The molecule has 0 unspecified atom stereocenters. The van der Waals surface area contributed by atoms with E-state index in [1.54, 1.807) is 24.5 Å². The molecule has 1 aliphatic heterocycles. The van der Waals surface area contributed by atoms with Crippen LogP contribution < -0.4 is 10.1 Å². The number of methoxy groups -OCH3 is 1. The summed E-state index contributed by atoms with van der Waals surface area (Å²) in [6, 6.07) is 10.4. The van der Waals surface area contributed by atoms with Crippen LogP contribution in [0.15, 0.2) is 47.2 Å². The van der Waals surface area contributed by atoms with Crippen LogP contribution in [0.4, 0.5) is 5.69 Å². The Morgan fingerprint density at radius 2 is 2.17 bits per heavy atom. The number of carbonyl (C=O) groups excluding carboxylic acids is 1. The van der Waals surface area contributed by atoms with Crippen molar-refractivity contribution in [2.75, 3.05) is 25.5 Å². The minimum Gasteiger partial charge on any atom is -0.497 e. The van der Waals surface area contributed by atoms with Gasteiger partial charge in [-0.15, -0.1) is 0 Å². The minimum absolute atomic E-state index is 0.0982. The molecule has 2 heterocycles. The highest BCUT2D eigenvalue weighted by Gasteiger charge is 2.21. The van der Waals surface area contributed by atoms with E-state index < -0.39 is 0 Å². The molecular weight excluding hydrogens is 320 g/mol. The van der Waals surface area contributed by atoms with Crippen molar-refractivity contribution in [1.82, 2.24) is 4.90 Å². The van der Waals surface area contributed by atoms with Crippen molar-refractivity contribution in [2.24, 2.45) is 0 Å². The molecule has 0 aliphatic carbocycles. The molecule has 1 saturated heterocycles. The zero-order valence-electron chi connectivity index (χ0n) is 13.8. The smallest absolute Gasteiger partial charge is 0.246 e. The number of nitrogens with one attached hydrogen (secondary N) is 1. The molecule has 1 aromatic carbocycles. The van der Waals surface area contributed by atoms with Crippen molar-refractivity contribution in [3.8, 4) is 5.75 Å². The Bertz CT molecular complexity index is 689. The lowest BCUT2D eigenvalue weighted by molar-refractivity contribution is -0.126. The molecule has 1 aromatic heterocycles. The third-order valence-electron chi connectivity index (χ3n) is 4.21. The van der Waals surface area contributed by atoms with Gasteiger partial charge in [0.2, 0.25) is 5.91 Å². The SMILES string of the molecule is COc1cccc(NC2CCN(C(=O)C=Cc3ccsc3)CC2)c1. The highest BCUT2D eigenvalue weighted by atomic mass is 32.1. The second kappa shape index (κ2) is 8.02. The van der Waals surface area contributed by atoms with Gasteiger partial charge in [-0.25, -0.2) is 0 Å². The zero-order chi connectivity index (χ0) is 16.8. The summed E-state index contributed by atoms with van der Waals surface area (Å²) in [4.78, 5) is 14.2. The number of hydrogen-bond acceptors (Lipinski definition) is 4. The molecule has 24 heavy (non-hydrogen) atoms. The predicted molar refractivity (Wildman–Crippen MR) is 99.6 cm³/mol. The molecule has 1 N–H and O–H groups in total. The Balaban J connectivity index is 1.49. The number of thiophene rings is 1. The molecule has 0 saturated carbocycles. The van der Waals surface area contributed by atoms with Crippen LogP contribution in [0.25, 0.3) is 6.08 Å². The molecule has 3 rings (SSSR count). The van der Waals surface area contributed by atoms with Crippen molar-refractivity contribution < 1.29 is 9.53 Å². The van der Waals surface area contributed by atoms with Gasteiger partial charge in [-0.3, -0.25) is 4.79 Å². The van der Waals surface area contributed by atoms with Crippen molar-refractivity contribution in [3.05, 3.63) is 52.7 Å². The summed E-state index contributed by atoms with van der Waals surface area (Å²) in [7, 11) is 1.67. The van der Waals surface area contributed by atoms with Crippen molar-refractivity contribution in [1.29, 1.82) is 0 Å². The quantitative estimate of drug-likeness (QED) is 0.839. The second-order valence-electron chi connectivity index (χ2n) is 5.87. The summed E-state index contributed by atoms with van der Waals surface area (Å²) in [6.45, 7) is 1.57. The monoisotopic (exact) mass is 342 g/mol. The number of nitrogens with zero attached hydrogens (tertiary/aromatic N) is 1. The molecule has 126 valence electrons. The van der Waals surface area contributed by atoms with Gasteiger partial charge in [0, 0.05) is 37.0 Å². The number of ether oxygens (including phenoxy) is 1. The summed E-state index contributed by atoms with van der Waals surface area (Å²) in [5.74, 6) is 0.951. The Kier molecular flexibility index (Phi) is 5.54. The number of hydrogen-bond donors (Lipinski definition) is 1. The fourth-order valence-electron chi connectivity index (χ4n) is 2.84. The van der Waals surface area contributed by atoms with E-state index in [0.717, 1.165) is 42.9 Å². The highest BCUT2D eigenvalue weighted by Crippen LogP contribution is 2.21. The lowest BCUT2D eigenvalue weighted by atomic mass is 10.0. The molecule has 4 nitrogen and oxygen atoms in total. The van der Waals surface area contributed by atoms with Crippen LogP contribution in [-0.2, 0) is 4.79 Å².